The van der Waals surface area contributed by atoms with Gasteiger partial charge in [0.2, 0.25) is 0 Å². The molecule has 0 N–H and O–H groups in total. The Morgan fingerprint density at radius 3 is 1.00 bits per heavy atom. The van der Waals surface area contributed by atoms with E-state index in [1.54, 1.807) is 0 Å². The third kappa shape index (κ3) is 34.5. The van der Waals surface area contributed by atoms with Gasteiger partial charge >= 0.3 is 48.9 Å². The minimum atomic E-state index is -0.866. The molecule has 0 heterocycles. The van der Waals surface area contributed by atoms with Gasteiger partial charge in [0.25, 0.3) is 0 Å². The van der Waals surface area contributed by atoms with E-state index in [0.717, 1.165) is 0 Å². The molecule has 0 saturated heterocycles. The van der Waals surface area contributed by atoms with E-state index in [9.17, 15) is 10.2 Å². The van der Waals surface area contributed by atoms with Crippen LogP contribution in [0.15, 0.2) is 0 Å². The van der Waals surface area contributed by atoms with Gasteiger partial charge in [0.15, 0.2) is 0 Å². The fraction of sp³-hybridized carbons (Fsp3) is 1.00. The van der Waals surface area contributed by atoms with E-state index in [2.05, 4.69) is 9.47 Å². The molecule has 0 aliphatic rings. The maximum absolute atomic E-state index is 9.67. The standard InChI is InChI=1S/2C3H7O2.Ba/c2*1-3(4)5-2;/h2*3H,1-2H3;/q2*-1;+2. The Morgan fingerprint density at radius 1 is 0.909 bits per heavy atom. The first-order chi connectivity index (χ1) is 4.54. The summed E-state index contributed by atoms with van der Waals surface area (Å²) in [5.41, 5.74) is 0. The van der Waals surface area contributed by atoms with E-state index in [0.29, 0.717) is 0 Å². The molecule has 0 amide bonds. The van der Waals surface area contributed by atoms with Crippen LogP contribution in [0.1, 0.15) is 13.8 Å². The van der Waals surface area contributed by atoms with E-state index >= 15 is 0 Å². The van der Waals surface area contributed by atoms with Gasteiger partial charge in [0, 0.05) is 14.2 Å². The second-order valence-electron chi connectivity index (χ2n) is 1.61. The zero-order valence-corrected chi connectivity index (χ0v) is 11.9. The summed E-state index contributed by atoms with van der Waals surface area (Å²) < 4.78 is 8.39. The van der Waals surface area contributed by atoms with Crippen LogP contribution in [-0.2, 0) is 9.47 Å². The Kier molecular flexibility index (Phi) is 23.2. The third-order valence-electron chi connectivity index (χ3n) is 0.664. The maximum Gasteiger partial charge on any atom is 2.00 e. The van der Waals surface area contributed by atoms with E-state index < -0.39 is 12.6 Å². The molecule has 2 unspecified atom stereocenters. The smallest absolute Gasteiger partial charge is 0.831 e. The molecule has 0 bridgehead atoms. The van der Waals surface area contributed by atoms with E-state index in [4.69, 9.17) is 0 Å². The molecule has 5 heteroatoms. The van der Waals surface area contributed by atoms with Crippen molar-refractivity contribution in [2.75, 3.05) is 14.2 Å². The second kappa shape index (κ2) is 14.0. The summed E-state index contributed by atoms with van der Waals surface area (Å²) in [7, 11) is 2.77. The number of methoxy groups -OCH3 is 2. The summed E-state index contributed by atoms with van der Waals surface area (Å²) in [5, 5.41) is 19.3. The number of hydrogen-bond acceptors (Lipinski definition) is 4. The Bertz CT molecular complexity index is 50.5. The quantitative estimate of drug-likeness (QED) is 0.448. The van der Waals surface area contributed by atoms with Crippen LogP contribution in [0.4, 0.5) is 0 Å². The van der Waals surface area contributed by atoms with Gasteiger partial charge in [-0.15, -0.1) is 0 Å². The summed E-state index contributed by atoms with van der Waals surface area (Å²) in [4.78, 5) is 0. The number of hydrogen-bond donors (Lipinski definition) is 0. The molecule has 0 rings (SSSR count). The monoisotopic (exact) mass is 288 g/mol. The van der Waals surface area contributed by atoms with Crippen molar-refractivity contribution in [1.29, 1.82) is 0 Å². The van der Waals surface area contributed by atoms with Crippen molar-refractivity contribution in [3.63, 3.8) is 0 Å². The van der Waals surface area contributed by atoms with Crippen LogP contribution < -0.4 is 10.2 Å². The van der Waals surface area contributed by atoms with Crippen molar-refractivity contribution in [3.05, 3.63) is 0 Å². The Balaban J connectivity index is -0.000000107. The average molecular weight is 288 g/mol. The molecule has 0 aromatic rings. The van der Waals surface area contributed by atoms with Gasteiger partial charge in [-0.2, -0.15) is 0 Å². The fourth-order valence-electron chi connectivity index (χ4n) is 0. The van der Waals surface area contributed by atoms with Crippen LogP contribution in [0.3, 0.4) is 0 Å². The zero-order valence-electron chi connectivity index (χ0n) is 7.49. The Hall–Kier alpha value is 1.41. The molecule has 4 nitrogen and oxygen atoms in total. The molecule has 11 heavy (non-hydrogen) atoms. The first-order valence-electron chi connectivity index (χ1n) is 2.91. The second-order valence-corrected chi connectivity index (χ2v) is 1.61. The predicted molar refractivity (Wildman–Crippen MR) is 38.7 cm³/mol. The van der Waals surface area contributed by atoms with Crippen molar-refractivity contribution in [3.8, 4) is 0 Å². The van der Waals surface area contributed by atoms with Crippen molar-refractivity contribution in [2.24, 2.45) is 0 Å². The molecule has 0 radical (unpaired) electrons. The molecule has 0 fully saturated rings. The molecule has 0 spiro atoms. The SMILES string of the molecule is COC(C)[O-].COC(C)[O-].[Ba+2]. The van der Waals surface area contributed by atoms with Crippen LogP contribution in [0.2, 0.25) is 0 Å². The van der Waals surface area contributed by atoms with Gasteiger partial charge in [-0.05, 0) is 12.6 Å². The van der Waals surface area contributed by atoms with E-state index in [1.807, 2.05) is 0 Å². The molecule has 2 atom stereocenters. The van der Waals surface area contributed by atoms with Crippen molar-refractivity contribution < 1.29 is 19.7 Å². The Morgan fingerprint density at radius 2 is 1.00 bits per heavy atom. The molecule has 64 valence electrons. The van der Waals surface area contributed by atoms with Crippen LogP contribution in [0, 0.1) is 0 Å². The minimum Gasteiger partial charge on any atom is -0.831 e. The van der Waals surface area contributed by atoms with Gasteiger partial charge in [-0.25, -0.2) is 0 Å². The minimum absolute atomic E-state index is 0. The first-order valence-corrected chi connectivity index (χ1v) is 2.91. The molecule has 0 saturated carbocycles. The van der Waals surface area contributed by atoms with Crippen LogP contribution >= 0.6 is 0 Å². The normalized spacial score (nSPS) is 13.6. The van der Waals surface area contributed by atoms with E-state index in [-0.39, 0.29) is 48.9 Å². The van der Waals surface area contributed by atoms with Crippen molar-refractivity contribution in [1.82, 2.24) is 0 Å². The zero-order chi connectivity index (χ0) is 8.57. The van der Waals surface area contributed by atoms with Gasteiger partial charge in [-0.3, -0.25) is 0 Å². The van der Waals surface area contributed by atoms with Gasteiger partial charge in [-0.1, -0.05) is 13.8 Å². The van der Waals surface area contributed by atoms with Crippen LogP contribution in [-0.4, -0.2) is 75.7 Å². The average Bonchev–Trinajstić information content (AvgIpc) is 1.89. The van der Waals surface area contributed by atoms with Gasteiger partial charge in [0.1, 0.15) is 0 Å². The fourth-order valence-corrected chi connectivity index (χ4v) is 0. The number of ether oxygens (including phenoxy) is 2. The van der Waals surface area contributed by atoms with Crippen LogP contribution in [0.5, 0.6) is 0 Å². The maximum atomic E-state index is 9.67. The molecular weight excluding hydrogens is 273 g/mol. The summed E-state index contributed by atoms with van der Waals surface area (Å²) in [6.07, 6.45) is -1.73. The van der Waals surface area contributed by atoms with Crippen LogP contribution in [0.25, 0.3) is 0 Å². The summed E-state index contributed by atoms with van der Waals surface area (Å²) >= 11 is 0. The first kappa shape index (κ1) is 18.2. The molecule has 0 aliphatic carbocycles. The molecular formula is C6H14BaO4. The largest absolute Gasteiger partial charge is 2.00 e. The number of rotatable bonds is 2. The van der Waals surface area contributed by atoms with E-state index in [1.165, 1.54) is 28.1 Å². The molecule has 0 aromatic carbocycles. The predicted octanol–water partition coefficient (Wildman–Crippen LogP) is -1.70. The van der Waals surface area contributed by atoms with Crippen molar-refractivity contribution in [2.45, 2.75) is 26.4 Å². The molecule has 0 aromatic heterocycles. The van der Waals surface area contributed by atoms with Crippen molar-refractivity contribution >= 4 is 48.9 Å². The van der Waals surface area contributed by atoms with Gasteiger partial charge in [0.05, 0.1) is 0 Å². The summed E-state index contributed by atoms with van der Waals surface area (Å²) in [6, 6.07) is 0. The Labute approximate surface area is 108 Å². The third-order valence-corrected chi connectivity index (χ3v) is 0.664. The topological polar surface area (TPSA) is 64.6 Å². The molecule has 0 aliphatic heterocycles. The van der Waals surface area contributed by atoms with Gasteiger partial charge < -0.3 is 19.7 Å². The summed E-state index contributed by atoms with van der Waals surface area (Å²) in [6.45, 7) is 2.89. The summed E-state index contributed by atoms with van der Waals surface area (Å²) in [5.74, 6) is 0.